The second kappa shape index (κ2) is 3.70. The molecule has 0 aliphatic heterocycles. The lowest BCUT2D eigenvalue weighted by atomic mass is 10.1. The van der Waals surface area contributed by atoms with E-state index in [4.69, 9.17) is 5.73 Å². The summed E-state index contributed by atoms with van der Waals surface area (Å²) in [6.45, 7) is 2.06. The molecule has 0 aliphatic carbocycles. The van der Waals surface area contributed by atoms with Gasteiger partial charge in [-0.2, -0.15) is 5.10 Å². The van der Waals surface area contributed by atoms with Gasteiger partial charge in [0.25, 0.3) is 0 Å². The van der Waals surface area contributed by atoms with Crippen molar-refractivity contribution in [3.8, 4) is 11.3 Å². The number of nitrogen functional groups attached to an aromatic ring is 1. The van der Waals surface area contributed by atoms with Crippen LogP contribution in [-0.4, -0.2) is 9.78 Å². The minimum Gasteiger partial charge on any atom is -0.396 e. The lowest BCUT2D eigenvalue weighted by molar-refractivity contribution is 0.775. The number of aromatic nitrogens is 2. The van der Waals surface area contributed by atoms with E-state index in [0.717, 1.165) is 15.7 Å². The third-order valence-corrected chi connectivity index (χ3v) is 3.47. The number of nitrogens with two attached hydrogens (primary N) is 1. The molecule has 15 heavy (non-hydrogen) atoms. The van der Waals surface area contributed by atoms with Gasteiger partial charge in [0.1, 0.15) is 0 Å². The Hall–Kier alpha value is -1.29. The molecule has 0 spiro atoms. The van der Waals surface area contributed by atoms with Gasteiger partial charge in [0.2, 0.25) is 0 Å². The fraction of sp³-hybridized carbons (Fsp3) is 0.182. The predicted octanol–water partition coefficient (Wildman–Crippen LogP) is 2.74. The standard InChI is InChI=1S/C11H12BrN3/c1-7-4-3-5-8(10(7)12)11-9(13)6-14-15(11)2/h3-6H,13H2,1-2H3. The smallest absolute Gasteiger partial charge is 0.0920 e. The average Bonchev–Trinajstić information content (AvgIpc) is 2.52. The van der Waals surface area contributed by atoms with Gasteiger partial charge in [-0.15, -0.1) is 0 Å². The van der Waals surface area contributed by atoms with Crippen molar-refractivity contribution in [3.05, 3.63) is 34.4 Å². The molecule has 1 aromatic heterocycles. The monoisotopic (exact) mass is 265 g/mol. The van der Waals surface area contributed by atoms with E-state index in [0.29, 0.717) is 5.69 Å². The summed E-state index contributed by atoms with van der Waals surface area (Å²) in [6.07, 6.45) is 1.67. The molecule has 4 heteroatoms. The van der Waals surface area contributed by atoms with Gasteiger partial charge in [-0.1, -0.05) is 18.2 Å². The van der Waals surface area contributed by atoms with Gasteiger partial charge in [0.15, 0.2) is 0 Å². The summed E-state index contributed by atoms with van der Waals surface area (Å²) < 4.78 is 2.86. The summed E-state index contributed by atoms with van der Waals surface area (Å²) in [6, 6.07) is 6.10. The molecule has 2 N–H and O–H groups in total. The van der Waals surface area contributed by atoms with Crippen molar-refractivity contribution in [1.29, 1.82) is 0 Å². The highest BCUT2D eigenvalue weighted by Crippen LogP contribution is 2.33. The molecular formula is C11H12BrN3. The Bertz CT molecular complexity index is 483. The first-order chi connectivity index (χ1) is 7.11. The first-order valence-corrected chi connectivity index (χ1v) is 5.43. The molecular weight excluding hydrogens is 254 g/mol. The summed E-state index contributed by atoms with van der Waals surface area (Å²) in [5, 5.41) is 4.13. The van der Waals surface area contributed by atoms with E-state index in [9.17, 15) is 0 Å². The lowest BCUT2D eigenvalue weighted by Crippen LogP contribution is -1.97. The van der Waals surface area contributed by atoms with Crippen molar-refractivity contribution >= 4 is 21.6 Å². The quantitative estimate of drug-likeness (QED) is 0.862. The molecule has 2 rings (SSSR count). The molecule has 0 fully saturated rings. The molecule has 0 bridgehead atoms. The van der Waals surface area contributed by atoms with Crippen LogP contribution in [-0.2, 0) is 7.05 Å². The number of anilines is 1. The number of benzene rings is 1. The van der Waals surface area contributed by atoms with Crippen LogP contribution in [0.4, 0.5) is 5.69 Å². The Kier molecular flexibility index (Phi) is 2.52. The molecule has 2 aromatic rings. The number of aryl methyl sites for hydroxylation is 2. The van der Waals surface area contributed by atoms with Crippen molar-refractivity contribution in [2.45, 2.75) is 6.92 Å². The maximum atomic E-state index is 5.89. The Morgan fingerprint density at radius 1 is 1.40 bits per heavy atom. The van der Waals surface area contributed by atoms with Gasteiger partial charge in [-0.3, -0.25) is 4.68 Å². The van der Waals surface area contributed by atoms with E-state index < -0.39 is 0 Å². The van der Waals surface area contributed by atoms with E-state index in [1.807, 2.05) is 19.2 Å². The van der Waals surface area contributed by atoms with Crippen LogP contribution in [0.5, 0.6) is 0 Å². The first kappa shape index (κ1) is 10.2. The zero-order valence-electron chi connectivity index (χ0n) is 8.66. The van der Waals surface area contributed by atoms with Crippen LogP contribution in [0.3, 0.4) is 0 Å². The van der Waals surface area contributed by atoms with Gasteiger partial charge >= 0.3 is 0 Å². The van der Waals surface area contributed by atoms with E-state index in [1.54, 1.807) is 10.9 Å². The molecule has 3 nitrogen and oxygen atoms in total. The van der Waals surface area contributed by atoms with Crippen molar-refractivity contribution in [3.63, 3.8) is 0 Å². The van der Waals surface area contributed by atoms with Crippen molar-refractivity contribution in [2.24, 2.45) is 7.05 Å². The fourth-order valence-corrected chi connectivity index (χ4v) is 2.07. The molecule has 78 valence electrons. The molecule has 0 radical (unpaired) electrons. The third kappa shape index (κ3) is 1.65. The summed E-state index contributed by atoms with van der Waals surface area (Å²) in [5.41, 5.74) is 9.80. The molecule has 0 saturated heterocycles. The van der Waals surface area contributed by atoms with Crippen molar-refractivity contribution < 1.29 is 0 Å². The van der Waals surface area contributed by atoms with Gasteiger partial charge in [0.05, 0.1) is 17.6 Å². The number of nitrogens with zero attached hydrogens (tertiary/aromatic N) is 2. The van der Waals surface area contributed by atoms with Crippen LogP contribution in [0.1, 0.15) is 5.56 Å². The van der Waals surface area contributed by atoms with Crippen LogP contribution >= 0.6 is 15.9 Å². The van der Waals surface area contributed by atoms with E-state index in [-0.39, 0.29) is 0 Å². The van der Waals surface area contributed by atoms with Crippen molar-refractivity contribution in [2.75, 3.05) is 5.73 Å². The highest BCUT2D eigenvalue weighted by atomic mass is 79.9. The first-order valence-electron chi connectivity index (χ1n) is 4.64. The second-order valence-corrected chi connectivity index (χ2v) is 4.30. The maximum absolute atomic E-state index is 5.89. The summed E-state index contributed by atoms with van der Waals surface area (Å²) in [4.78, 5) is 0. The molecule has 1 aromatic carbocycles. The topological polar surface area (TPSA) is 43.8 Å². The minimum absolute atomic E-state index is 0.698. The highest BCUT2D eigenvalue weighted by Gasteiger charge is 2.12. The number of halogens is 1. The molecule has 0 atom stereocenters. The summed E-state index contributed by atoms with van der Waals surface area (Å²) in [5.74, 6) is 0. The minimum atomic E-state index is 0.698. The zero-order chi connectivity index (χ0) is 11.0. The van der Waals surface area contributed by atoms with E-state index in [2.05, 4.69) is 34.0 Å². The third-order valence-electron chi connectivity index (χ3n) is 2.41. The Labute approximate surface area is 97.0 Å². The predicted molar refractivity (Wildman–Crippen MR) is 65.5 cm³/mol. The van der Waals surface area contributed by atoms with E-state index in [1.165, 1.54) is 5.56 Å². The van der Waals surface area contributed by atoms with Crippen molar-refractivity contribution in [1.82, 2.24) is 9.78 Å². The summed E-state index contributed by atoms with van der Waals surface area (Å²) in [7, 11) is 1.89. The Morgan fingerprint density at radius 2 is 2.13 bits per heavy atom. The summed E-state index contributed by atoms with van der Waals surface area (Å²) >= 11 is 3.57. The van der Waals surface area contributed by atoms with Gasteiger partial charge in [0, 0.05) is 17.1 Å². The molecule has 0 amide bonds. The molecule has 0 saturated carbocycles. The SMILES string of the molecule is Cc1cccc(-c2c(N)cnn2C)c1Br. The highest BCUT2D eigenvalue weighted by molar-refractivity contribution is 9.10. The fourth-order valence-electron chi connectivity index (χ4n) is 1.61. The molecule has 0 aliphatic rings. The van der Waals surface area contributed by atoms with Gasteiger partial charge < -0.3 is 5.73 Å². The maximum Gasteiger partial charge on any atom is 0.0920 e. The van der Waals surface area contributed by atoms with Gasteiger partial charge in [-0.05, 0) is 28.4 Å². The number of hydrogen-bond acceptors (Lipinski definition) is 2. The Balaban J connectivity index is 2.69. The van der Waals surface area contributed by atoms with E-state index >= 15 is 0 Å². The zero-order valence-corrected chi connectivity index (χ0v) is 10.2. The normalized spacial score (nSPS) is 10.6. The molecule has 1 heterocycles. The average molecular weight is 266 g/mol. The second-order valence-electron chi connectivity index (χ2n) is 3.51. The molecule has 0 unspecified atom stereocenters. The van der Waals surface area contributed by atoms with Crippen LogP contribution in [0.25, 0.3) is 11.3 Å². The van der Waals surface area contributed by atoms with Gasteiger partial charge in [-0.25, -0.2) is 0 Å². The number of hydrogen-bond donors (Lipinski definition) is 1. The van der Waals surface area contributed by atoms with Crippen LogP contribution < -0.4 is 5.73 Å². The van der Waals surface area contributed by atoms with Crippen LogP contribution in [0.2, 0.25) is 0 Å². The Morgan fingerprint density at radius 3 is 2.73 bits per heavy atom. The lowest BCUT2D eigenvalue weighted by Gasteiger charge is -2.08. The van der Waals surface area contributed by atoms with Crippen LogP contribution in [0, 0.1) is 6.92 Å². The number of rotatable bonds is 1. The van der Waals surface area contributed by atoms with Crippen LogP contribution in [0.15, 0.2) is 28.9 Å². The largest absolute Gasteiger partial charge is 0.396 e.